The predicted octanol–water partition coefficient (Wildman–Crippen LogP) is 1.60. The van der Waals surface area contributed by atoms with Gasteiger partial charge in [0.05, 0.1) is 24.0 Å². The Morgan fingerprint density at radius 2 is 2.16 bits per heavy atom. The molecule has 6 nitrogen and oxygen atoms in total. The highest BCUT2D eigenvalue weighted by Gasteiger charge is 2.30. The average molecular weight is 267 g/mol. The van der Waals surface area contributed by atoms with Gasteiger partial charge >= 0.3 is 12.0 Å². The number of hydrogen-bond acceptors (Lipinski definition) is 3. The van der Waals surface area contributed by atoms with Crippen LogP contribution in [0.2, 0.25) is 0 Å². The molecule has 0 saturated heterocycles. The number of carbonyl (C=O) groups excluding carboxylic acids is 1. The summed E-state index contributed by atoms with van der Waals surface area (Å²) in [5.74, 6) is -1.77. The van der Waals surface area contributed by atoms with E-state index in [1.165, 1.54) is 6.20 Å². The zero-order valence-corrected chi connectivity index (χ0v) is 10.1. The third-order valence-electron chi connectivity index (χ3n) is 3.08. The Morgan fingerprint density at radius 3 is 2.79 bits per heavy atom. The molecular formula is C12H14FN3O3. The molecule has 0 aliphatic heterocycles. The van der Waals surface area contributed by atoms with Gasteiger partial charge in [-0.3, -0.25) is 9.78 Å². The van der Waals surface area contributed by atoms with Crippen molar-refractivity contribution in [1.29, 1.82) is 0 Å². The van der Waals surface area contributed by atoms with E-state index in [2.05, 4.69) is 15.6 Å². The largest absolute Gasteiger partial charge is 0.481 e. The Hall–Kier alpha value is -2.18. The summed E-state index contributed by atoms with van der Waals surface area (Å²) < 4.78 is 12.9. The summed E-state index contributed by atoms with van der Waals surface area (Å²) in [6.45, 7) is 0. The Bertz CT molecular complexity index is 495. The number of nitrogens with one attached hydrogen (secondary N) is 2. The van der Waals surface area contributed by atoms with Crippen LogP contribution in [0.25, 0.3) is 0 Å². The zero-order valence-electron chi connectivity index (χ0n) is 10.1. The van der Waals surface area contributed by atoms with Crippen LogP contribution in [-0.4, -0.2) is 28.1 Å². The molecule has 0 radical (unpaired) electrons. The van der Waals surface area contributed by atoms with Crippen molar-refractivity contribution in [2.24, 2.45) is 5.92 Å². The predicted molar refractivity (Wildman–Crippen MR) is 65.1 cm³/mol. The Labute approximate surface area is 109 Å². The quantitative estimate of drug-likeness (QED) is 0.775. The number of carbonyl (C=O) groups is 2. The maximum Gasteiger partial charge on any atom is 0.319 e. The molecule has 1 heterocycles. The number of urea groups is 1. The third-order valence-corrected chi connectivity index (χ3v) is 3.08. The van der Waals surface area contributed by atoms with E-state index in [1.54, 1.807) is 0 Å². The van der Waals surface area contributed by atoms with E-state index in [0.717, 1.165) is 12.3 Å². The van der Waals surface area contributed by atoms with Gasteiger partial charge < -0.3 is 15.7 Å². The number of hydrogen-bond donors (Lipinski definition) is 3. The molecule has 2 unspecified atom stereocenters. The summed E-state index contributed by atoms with van der Waals surface area (Å²) in [5.41, 5.74) is 0.255. The lowest BCUT2D eigenvalue weighted by Crippen LogP contribution is -2.36. The van der Waals surface area contributed by atoms with Gasteiger partial charge in [-0.1, -0.05) is 0 Å². The van der Waals surface area contributed by atoms with Gasteiger partial charge in [0.15, 0.2) is 0 Å². The van der Waals surface area contributed by atoms with Crippen LogP contribution in [0.4, 0.5) is 14.9 Å². The molecule has 0 bridgehead atoms. The summed E-state index contributed by atoms with van der Waals surface area (Å²) >= 11 is 0. The van der Waals surface area contributed by atoms with Crippen molar-refractivity contribution in [2.45, 2.75) is 25.3 Å². The first kappa shape index (κ1) is 13.3. The Balaban J connectivity index is 1.84. The maximum atomic E-state index is 12.9. The lowest BCUT2D eigenvalue weighted by atomic mass is 10.1. The molecule has 1 aliphatic rings. The molecule has 1 fully saturated rings. The van der Waals surface area contributed by atoms with Crippen molar-refractivity contribution < 1.29 is 19.1 Å². The summed E-state index contributed by atoms with van der Waals surface area (Å²) in [5, 5.41) is 14.0. The second-order valence-electron chi connectivity index (χ2n) is 4.54. The Kier molecular flexibility index (Phi) is 3.94. The van der Waals surface area contributed by atoms with Gasteiger partial charge in [0.2, 0.25) is 0 Å². The summed E-state index contributed by atoms with van der Waals surface area (Å²) in [6, 6.07) is 0.507. The number of halogens is 1. The fourth-order valence-corrected chi connectivity index (χ4v) is 2.17. The van der Waals surface area contributed by atoms with E-state index < -0.39 is 23.7 Å². The molecule has 3 N–H and O–H groups in total. The highest BCUT2D eigenvalue weighted by molar-refractivity contribution is 5.89. The number of amides is 2. The summed E-state index contributed by atoms with van der Waals surface area (Å²) in [4.78, 5) is 26.0. The van der Waals surface area contributed by atoms with E-state index in [0.29, 0.717) is 19.3 Å². The van der Waals surface area contributed by atoms with Crippen molar-refractivity contribution in [2.75, 3.05) is 5.32 Å². The highest BCUT2D eigenvalue weighted by Crippen LogP contribution is 2.25. The molecule has 1 saturated carbocycles. The minimum atomic E-state index is -0.834. The third kappa shape index (κ3) is 3.64. The molecule has 1 aromatic heterocycles. The number of anilines is 1. The summed E-state index contributed by atoms with van der Waals surface area (Å²) in [7, 11) is 0. The molecule has 1 aromatic rings. The van der Waals surface area contributed by atoms with Crippen LogP contribution in [0.3, 0.4) is 0 Å². The normalized spacial score (nSPS) is 21.9. The maximum absolute atomic E-state index is 12.9. The van der Waals surface area contributed by atoms with Gasteiger partial charge in [0, 0.05) is 12.1 Å². The van der Waals surface area contributed by atoms with Crippen LogP contribution < -0.4 is 10.6 Å². The number of carboxylic acids is 1. The lowest BCUT2D eigenvalue weighted by molar-refractivity contribution is -0.141. The lowest BCUT2D eigenvalue weighted by Gasteiger charge is -2.13. The van der Waals surface area contributed by atoms with Gasteiger partial charge in [-0.15, -0.1) is 0 Å². The fraction of sp³-hybridized carbons (Fsp3) is 0.417. The van der Waals surface area contributed by atoms with Crippen molar-refractivity contribution in [1.82, 2.24) is 10.3 Å². The first-order valence-electron chi connectivity index (χ1n) is 5.95. The van der Waals surface area contributed by atoms with Crippen molar-refractivity contribution in [3.63, 3.8) is 0 Å². The molecule has 2 atom stereocenters. The van der Waals surface area contributed by atoms with Crippen LogP contribution in [0, 0.1) is 11.7 Å². The molecule has 7 heteroatoms. The van der Waals surface area contributed by atoms with Gasteiger partial charge in [-0.05, 0) is 19.3 Å². The average Bonchev–Trinajstić information content (AvgIpc) is 2.77. The molecule has 2 amide bonds. The van der Waals surface area contributed by atoms with Crippen molar-refractivity contribution >= 4 is 17.7 Å². The van der Waals surface area contributed by atoms with E-state index in [-0.39, 0.29) is 11.7 Å². The van der Waals surface area contributed by atoms with Crippen LogP contribution in [-0.2, 0) is 4.79 Å². The van der Waals surface area contributed by atoms with Crippen molar-refractivity contribution in [3.05, 3.63) is 24.3 Å². The van der Waals surface area contributed by atoms with Gasteiger partial charge in [0.25, 0.3) is 0 Å². The topological polar surface area (TPSA) is 91.3 Å². The molecular weight excluding hydrogens is 253 g/mol. The monoisotopic (exact) mass is 267 g/mol. The van der Waals surface area contributed by atoms with Crippen LogP contribution in [0.15, 0.2) is 18.5 Å². The van der Waals surface area contributed by atoms with E-state index in [9.17, 15) is 14.0 Å². The molecule has 2 rings (SSSR count). The number of pyridine rings is 1. The van der Waals surface area contributed by atoms with Crippen LogP contribution in [0.5, 0.6) is 0 Å². The number of aliphatic carboxylic acids is 1. The van der Waals surface area contributed by atoms with E-state index in [4.69, 9.17) is 5.11 Å². The second kappa shape index (κ2) is 5.64. The SMILES string of the molecule is O=C(Nc1cncc(F)c1)NC1CCC(C(=O)O)C1. The molecule has 102 valence electrons. The van der Waals surface area contributed by atoms with Crippen LogP contribution in [0.1, 0.15) is 19.3 Å². The van der Waals surface area contributed by atoms with Gasteiger partial charge in [-0.25, -0.2) is 9.18 Å². The number of carboxylic acid groups (broad SMARTS) is 1. The van der Waals surface area contributed by atoms with Crippen LogP contribution >= 0.6 is 0 Å². The highest BCUT2D eigenvalue weighted by atomic mass is 19.1. The molecule has 1 aliphatic carbocycles. The molecule has 19 heavy (non-hydrogen) atoms. The summed E-state index contributed by atoms with van der Waals surface area (Å²) in [6.07, 6.45) is 3.98. The fourth-order valence-electron chi connectivity index (χ4n) is 2.17. The van der Waals surface area contributed by atoms with E-state index >= 15 is 0 Å². The Morgan fingerprint density at radius 1 is 1.37 bits per heavy atom. The first-order chi connectivity index (χ1) is 9.04. The van der Waals surface area contributed by atoms with Gasteiger partial charge in [0.1, 0.15) is 5.82 Å². The second-order valence-corrected chi connectivity index (χ2v) is 4.54. The zero-order chi connectivity index (χ0) is 13.8. The minimum absolute atomic E-state index is 0.164. The number of aromatic nitrogens is 1. The number of nitrogens with zero attached hydrogens (tertiary/aromatic N) is 1. The first-order valence-corrected chi connectivity index (χ1v) is 5.95. The van der Waals surface area contributed by atoms with Crippen molar-refractivity contribution in [3.8, 4) is 0 Å². The smallest absolute Gasteiger partial charge is 0.319 e. The standard InChI is InChI=1S/C12H14FN3O3/c13-8-4-10(6-14-5-8)16-12(19)15-9-2-1-7(3-9)11(17)18/h4-7,9H,1-3H2,(H,17,18)(H2,15,16,19). The van der Waals surface area contributed by atoms with E-state index in [1.807, 2.05) is 0 Å². The molecule has 0 spiro atoms. The minimum Gasteiger partial charge on any atom is -0.481 e. The molecule has 0 aromatic carbocycles. The van der Waals surface area contributed by atoms with Gasteiger partial charge in [-0.2, -0.15) is 0 Å². The number of rotatable bonds is 3.